The summed E-state index contributed by atoms with van der Waals surface area (Å²) in [5, 5.41) is 13.0. The molecule has 0 radical (unpaired) electrons. The summed E-state index contributed by atoms with van der Waals surface area (Å²) in [5.41, 5.74) is 0. The number of hydrogen-bond donors (Lipinski definition) is 2. The van der Waals surface area contributed by atoms with Crippen molar-refractivity contribution in [3.05, 3.63) is 0 Å². The molecule has 2 N–H and O–H groups in total. The van der Waals surface area contributed by atoms with Crippen molar-refractivity contribution in [1.82, 2.24) is 5.32 Å². The Kier molecular flexibility index (Phi) is 5.58. The number of rotatable bonds is 8. The number of ether oxygens (including phenoxy) is 1. The summed E-state index contributed by atoms with van der Waals surface area (Å²) in [4.78, 5) is 0. The normalized spacial score (nSPS) is 20.6. The molecule has 0 bridgehead atoms. The molecule has 1 rings (SSSR count). The van der Waals surface area contributed by atoms with Gasteiger partial charge < -0.3 is 15.2 Å². The van der Waals surface area contributed by atoms with Gasteiger partial charge in [0.05, 0.1) is 12.7 Å². The van der Waals surface area contributed by atoms with Gasteiger partial charge in [-0.15, -0.1) is 0 Å². The van der Waals surface area contributed by atoms with Gasteiger partial charge in [0.25, 0.3) is 0 Å². The lowest BCUT2D eigenvalue weighted by atomic mass is 9.99. The van der Waals surface area contributed by atoms with Crippen LogP contribution in [0.2, 0.25) is 0 Å². The van der Waals surface area contributed by atoms with Gasteiger partial charge in [-0.3, -0.25) is 0 Å². The maximum absolute atomic E-state index is 9.49. The van der Waals surface area contributed by atoms with Crippen molar-refractivity contribution in [3.63, 3.8) is 0 Å². The molecule has 0 aromatic heterocycles. The standard InChI is InChI=1S/C12H25NO2/c1-9(2)12(10-4-5-10)13-7-6-11(14)8-15-3/h9-14H,4-8H2,1-3H3. The van der Waals surface area contributed by atoms with Crippen molar-refractivity contribution < 1.29 is 9.84 Å². The van der Waals surface area contributed by atoms with Crippen LogP contribution in [0.25, 0.3) is 0 Å². The fourth-order valence-electron chi connectivity index (χ4n) is 2.09. The highest BCUT2D eigenvalue weighted by molar-refractivity contribution is 4.88. The molecule has 0 aromatic carbocycles. The summed E-state index contributed by atoms with van der Waals surface area (Å²) in [6.07, 6.45) is 3.20. The van der Waals surface area contributed by atoms with Gasteiger partial charge in [-0.25, -0.2) is 0 Å². The zero-order valence-corrected chi connectivity index (χ0v) is 10.2. The molecule has 0 amide bonds. The number of hydrogen-bond acceptors (Lipinski definition) is 3. The Hall–Kier alpha value is -0.120. The molecule has 90 valence electrons. The van der Waals surface area contributed by atoms with Gasteiger partial charge >= 0.3 is 0 Å². The average Bonchev–Trinajstić information content (AvgIpc) is 2.95. The first kappa shape index (κ1) is 12.9. The van der Waals surface area contributed by atoms with Crippen LogP contribution >= 0.6 is 0 Å². The number of methoxy groups -OCH3 is 1. The minimum absolute atomic E-state index is 0.325. The largest absolute Gasteiger partial charge is 0.391 e. The molecular weight excluding hydrogens is 190 g/mol. The van der Waals surface area contributed by atoms with Gasteiger partial charge in [0.1, 0.15) is 0 Å². The highest BCUT2D eigenvalue weighted by Gasteiger charge is 2.32. The van der Waals surface area contributed by atoms with E-state index in [-0.39, 0.29) is 6.10 Å². The monoisotopic (exact) mass is 215 g/mol. The molecule has 2 unspecified atom stereocenters. The third kappa shape index (κ3) is 4.96. The van der Waals surface area contributed by atoms with Crippen LogP contribution in [-0.4, -0.2) is 37.5 Å². The summed E-state index contributed by atoms with van der Waals surface area (Å²) < 4.78 is 4.89. The fourth-order valence-corrected chi connectivity index (χ4v) is 2.09. The second-order valence-electron chi connectivity index (χ2n) is 4.96. The number of aliphatic hydroxyl groups is 1. The Morgan fingerprint density at radius 3 is 2.53 bits per heavy atom. The van der Waals surface area contributed by atoms with Crippen LogP contribution in [0.5, 0.6) is 0 Å². The predicted molar refractivity (Wildman–Crippen MR) is 61.9 cm³/mol. The maximum Gasteiger partial charge on any atom is 0.0785 e. The zero-order chi connectivity index (χ0) is 11.3. The van der Waals surface area contributed by atoms with E-state index in [2.05, 4.69) is 19.2 Å². The molecular formula is C12H25NO2. The topological polar surface area (TPSA) is 41.5 Å². The van der Waals surface area contributed by atoms with E-state index in [0.29, 0.717) is 18.6 Å². The van der Waals surface area contributed by atoms with E-state index in [1.54, 1.807) is 7.11 Å². The molecule has 1 fully saturated rings. The second-order valence-corrected chi connectivity index (χ2v) is 4.96. The summed E-state index contributed by atoms with van der Waals surface area (Å²) in [6.45, 7) is 5.87. The maximum atomic E-state index is 9.49. The fraction of sp³-hybridized carbons (Fsp3) is 1.00. The van der Waals surface area contributed by atoms with E-state index in [0.717, 1.165) is 18.9 Å². The number of nitrogens with one attached hydrogen (secondary N) is 1. The molecule has 3 heteroatoms. The van der Waals surface area contributed by atoms with Crippen LogP contribution in [-0.2, 0) is 4.74 Å². The van der Waals surface area contributed by atoms with Gasteiger partial charge in [0.15, 0.2) is 0 Å². The van der Waals surface area contributed by atoms with E-state index in [1.165, 1.54) is 12.8 Å². The van der Waals surface area contributed by atoms with Crippen molar-refractivity contribution in [2.24, 2.45) is 11.8 Å². The Morgan fingerprint density at radius 1 is 1.40 bits per heavy atom. The quantitative estimate of drug-likeness (QED) is 0.643. The first-order valence-electron chi connectivity index (χ1n) is 6.05. The lowest BCUT2D eigenvalue weighted by Gasteiger charge is -2.22. The van der Waals surface area contributed by atoms with Crippen molar-refractivity contribution in [2.75, 3.05) is 20.3 Å². The van der Waals surface area contributed by atoms with Crippen LogP contribution in [0, 0.1) is 11.8 Å². The van der Waals surface area contributed by atoms with Gasteiger partial charge in [-0.05, 0) is 37.6 Å². The van der Waals surface area contributed by atoms with Crippen molar-refractivity contribution in [3.8, 4) is 0 Å². The van der Waals surface area contributed by atoms with E-state index >= 15 is 0 Å². The summed E-state index contributed by atoms with van der Waals surface area (Å²) in [6, 6.07) is 0.639. The summed E-state index contributed by atoms with van der Waals surface area (Å²) in [7, 11) is 1.62. The molecule has 15 heavy (non-hydrogen) atoms. The van der Waals surface area contributed by atoms with Gasteiger partial charge in [0, 0.05) is 13.2 Å². The Balaban J connectivity index is 2.11. The lowest BCUT2D eigenvalue weighted by molar-refractivity contribution is 0.0585. The van der Waals surface area contributed by atoms with Crippen LogP contribution in [0.4, 0.5) is 0 Å². The van der Waals surface area contributed by atoms with Gasteiger partial charge in [-0.2, -0.15) is 0 Å². The predicted octanol–water partition coefficient (Wildman–Crippen LogP) is 1.41. The smallest absolute Gasteiger partial charge is 0.0785 e. The van der Waals surface area contributed by atoms with E-state index in [1.807, 2.05) is 0 Å². The molecule has 0 saturated heterocycles. The first-order valence-corrected chi connectivity index (χ1v) is 6.05. The number of aliphatic hydroxyl groups excluding tert-OH is 1. The Labute approximate surface area is 93.2 Å². The molecule has 1 saturated carbocycles. The zero-order valence-electron chi connectivity index (χ0n) is 10.2. The minimum atomic E-state index is -0.325. The molecule has 0 spiro atoms. The van der Waals surface area contributed by atoms with Crippen LogP contribution in [0.1, 0.15) is 33.1 Å². The average molecular weight is 215 g/mol. The minimum Gasteiger partial charge on any atom is -0.391 e. The van der Waals surface area contributed by atoms with E-state index in [9.17, 15) is 5.11 Å². The van der Waals surface area contributed by atoms with E-state index in [4.69, 9.17) is 4.74 Å². The summed E-state index contributed by atoms with van der Waals surface area (Å²) >= 11 is 0. The molecule has 3 nitrogen and oxygen atoms in total. The molecule has 0 aliphatic heterocycles. The first-order chi connectivity index (χ1) is 7.15. The SMILES string of the molecule is COCC(O)CCNC(C(C)C)C1CC1. The van der Waals surface area contributed by atoms with Gasteiger partial charge in [-0.1, -0.05) is 13.8 Å². The molecule has 0 aromatic rings. The lowest BCUT2D eigenvalue weighted by Crippen LogP contribution is -2.37. The van der Waals surface area contributed by atoms with Crippen molar-refractivity contribution in [2.45, 2.75) is 45.3 Å². The third-order valence-electron chi connectivity index (χ3n) is 3.06. The molecule has 1 aliphatic carbocycles. The third-order valence-corrected chi connectivity index (χ3v) is 3.06. The van der Waals surface area contributed by atoms with Crippen LogP contribution < -0.4 is 5.32 Å². The molecule has 1 aliphatic rings. The second kappa shape index (κ2) is 6.46. The Bertz CT molecular complexity index is 167. The summed E-state index contributed by atoms with van der Waals surface area (Å²) in [5.74, 6) is 1.57. The van der Waals surface area contributed by atoms with Crippen molar-refractivity contribution in [1.29, 1.82) is 0 Å². The highest BCUT2D eigenvalue weighted by atomic mass is 16.5. The van der Waals surface area contributed by atoms with Crippen molar-refractivity contribution >= 4 is 0 Å². The highest BCUT2D eigenvalue weighted by Crippen LogP contribution is 2.35. The van der Waals surface area contributed by atoms with Crippen LogP contribution in [0.3, 0.4) is 0 Å². The van der Waals surface area contributed by atoms with Gasteiger partial charge in [0.2, 0.25) is 0 Å². The van der Waals surface area contributed by atoms with E-state index < -0.39 is 0 Å². The molecule has 2 atom stereocenters. The van der Waals surface area contributed by atoms with Crippen LogP contribution in [0.15, 0.2) is 0 Å². The molecule has 0 heterocycles. The Morgan fingerprint density at radius 2 is 2.07 bits per heavy atom.